The van der Waals surface area contributed by atoms with Gasteiger partial charge in [-0.1, -0.05) is 58.8 Å². The summed E-state index contributed by atoms with van der Waals surface area (Å²) >= 11 is 0. The third-order valence-corrected chi connectivity index (χ3v) is 3.49. The van der Waals surface area contributed by atoms with Crippen LogP contribution in [0.4, 0.5) is 0 Å². The topological polar surface area (TPSA) is 44.8 Å². The molecule has 132 valence electrons. The molecule has 0 aromatic rings. The summed E-state index contributed by atoms with van der Waals surface area (Å²) in [6, 6.07) is 0. The monoisotopic (exact) mass is 316 g/mol. The molecule has 4 heteroatoms. The highest BCUT2D eigenvalue weighted by Crippen LogP contribution is 2.04. The van der Waals surface area contributed by atoms with E-state index in [1.54, 1.807) is 0 Å². The van der Waals surface area contributed by atoms with Crippen molar-refractivity contribution in [2.45, 2.75) is 78.1 Å². The van der Waals surface area contributed by atoms with E-state index >= 15 is 0 Å². The fourth-order valence-electron chi connectivity index (χ4n) is 2.11. The van der Waals surface area contributed by atoms with Crippen LogP contribution in [0.5, 0.6) is 0 Å². The van der Waals surface area contributed by atoms with Crippen molar-refractivity contribution in [2.75, 3.05) is 33.0 Å². The van der Waals surface area contributed by atoms with E-state index in [0.29, 0.717) is 32.8 Å². The van der Waals surface area contributed by atoms with Crippen LogP contribution >= 0.6 is 0 Å². The summed E-state index contributed by atoms with van der Waals surface area (Å²) < 4.78 is 15.9. The third kappa shape index (κ3) is 17.4. The molecule has 0 spiro atoms. The maximum Gasteiger partial charge on any atom is 0.305 e. The van der Waals surface area contributed by atoms with Gasteiger partial charge in [0, 0.05) is 13.0 Å². The van der Waals surface area contributed by atoms with Crippen LogP contribution < -0.4 is 0 Å². The number of carbonyl (C=O) groups is 1. The Balaban J connectivity index is 3.06. The van der Waals surface area contributed by atoms with Crippen LogP contribution in [0.15, 0.2) is 0 Å². The number of carbonyl (C=O) groups excluding carboxylic acids is 1. The second kappa shape index (κ2) is 18.4. The molecular formula is C18H36O4. The number of ether oxygens (including phenoxy) is 3. The van der Waals surface area contributed by atoms with E-state index in [4.69, 9.17) is 14.2 Å². The first-order valence-electron chi connectivity index (χ1n) is 9.12. The first kappa shape index (κ1) is 21.4. The lowest BCUT2D eigenvalue weighted by atomic mass is 10.1. The maximum absolute atomic E-state index is 11.3. The molecule has 0 amide bonds. The Labute approximate surface area is 136 Å². The van der Waals surface area contributed by atoms with Gasteiger partial charge in [-0.2, -0.15) is 0 Å². The predicted octanol–water partition coefficient (Wildman–Crippen LogP) is 4.50. The van der Waals surface area contributed by atoms with E-state index in [-0.39, 0.29) is 5.97 Å². The van der Waals surface area contributed by atoms with Crippen molar-refractivity contribution in [2.24, 2.45) is 0 Å². The van der Waals surface area contributed by atoms with E-state index < -0.39 is 0 Å². The summed E-state index contributed by atoms with van der Waals surface area (Å²) in [5.41, 5.74) is 0. The third-order valence-electron chi connectivity index (χ3n) is 3.49. The van der Waals surface area contributed by atoms with Gasteiger partial charge in [0.1, 0.15) is 6.61 Å². The molecule has 0 N–H and O–H groups in total. The lowest BCUT2D eigenvalue weighted by molar-refractivity contribution is -0.145. The minimum atomic E-state index is -0.114. The largest absolute Gasteiger partial charge is 0.463 e. The van der Waals surface area contributed by atoms with E-state index in [2.05, 4.69) is 13.8 Å². The summed E-state index contributed by atoms with van der Waals surface area (Å²) in [5.74, 6) is -0.114. The van der Waals surface area contributed by atoms with Crippen LogP contribution in [0.25, 0.3) is 0 Å². The highest BCUT2D eigenvalue weighted by Gasteiger charge is 2.01. The van der Waals surface area contributed by atoms with Crippen LogP contribution in [0, 0.1) is 0 Å². The summed E-state index contributed by atoms with van der Waals surface area (Å²) in [4.78, 5) is 11.3. The lowest BCUT2D eigenvalue weighted by Crippen LogP contribution is -2.13. The van der Waals surface area contributed by atoms with E-state index in [1.165, 1.54) is 32.1 Å². The molecule has 22 heavy (non-hydrogen) atoms. The Bertz CT molecular complexity index is 231. The van der Waals surface area contributed by atoms with Crippen molar-refractivity contribution in [1.29, 1.82) is 0 Å². The van der Waals surface area contributed by atoms with Crippen molar-refractivity contribution >= 4 is 5.97 Å². The minimum absolute atomic E-state index is 0.114. The molecule has 0 heterocycles. The Morgan fingerprint density at radius 2 is 1.18 bits per heavy atom. The van der Waals surface area contributed by atoms with Crippen LogP contribution in [-0.2, 0) is 19.0 Å². The fourth-order valence-corrected chi connectivity index (χ4v) is 2.11. The van der Waals surface area contributed by atoms with Gasteiger partial charge in [0.2, 0.25) is 0 Å². The molecule has 0 radical (unpaired) electrons. The molecule has 0 aromatic carbocycles. The molecular weight excluding hydrogens is 280 g/mol. The zero-order chi connectivity index (χ0) is 16.3. The Hall–Kier alpha value is -0.610. The molecule has 0 unspecified atom stereocenters. The molecule has 0 aliphatic heterocycles. The summed E-state index contributed by atoms with van der Waals surface area (Å²) in [6.45, 7) is 7.18. The number of esters is 1. The molecule has 0 atom stereocenters. The predicted molar refractivity (Wildman–Crippen MR) is 90.1 cm³/mol. The van der Waals surface area contributed by atoms with Crippen molar-refractivity contribution in [1.82, 2.24) is 0 Å². The number of hydrogen-bond donors (Lipinski definition) is 0. The Kier molecular flexibility index (Phi) is 17.9. The molecule has 0 saturated heterocycles. The molecule has 0 rings (SSSR count). The molecule has 0 aromatic heterocycles. The van der Waals surface area contributed by atoms with Crippen molar-refractivity contribution in [3.63, 3.8) is 0 Å². The number of hydrogen-bond acceptors (Lipinski definition) is 4. The van der Waals surface area contributed by atoms with Crippen molar-refractivity contribution in [3.05, 3.63) is 0 Å². The number of unbranched alkanes of at least 4 members (excludes halogenated alkanes) is 7. The first-order chi connectivity index (χ1) is 10.8. The maximum atomic E-state index is 11.3. The van der Waals surface area contributed by atoms with Gasteiger partial charge in [0.05, 0.1) is 19.8 Å². The van der Waals surface area contributed by atoms with Gasteiger partial charge in [0.15, 0.2) is 0 Å². The molecule has 4 nitrogen and oxygen atoms in total. The highest BCUT2D eigenvalue weighted by atomic mass is 16.6. The second-order valence-corrected chi connectivity index (χ2v) is 5.67. The molecule has 0 aliphatic carbocycles. The lowest BCUT2D eigenvalue weighted by Gasteiger charge is -2.07. The van der Waals surface area contributed by atoms with E-state index in [0.717, 1.165) is 32.3 Å². The summed E-state index contributed by atoms with van der Waals surface area (Å²) in [7, 11) is 0. The molecule has 0 bridgehead atoms. The van der Waals surface area contributed by atoms with E-state index in [9.17, 15) is 4.79 Å². The summed E-state index contributed by atoms with van der Waals surface area (Å²) in [6.07, 6.45) is 11.3. The standard InChI is InChI=1S/C18H36O4/c1-3-5-7-8-9-11-13-20-14-15-21-16-17-22-18(19)12-10-6-4-2/h3-17H2,1-2H3. The van der Waals surface area contributed by atoms with Crippen LogP contribution in [0.1, 0.15) is 78.1 Å². The van der Waals surface area contributed by atoms with Crippen LogP contribution in [0.3, 0.4) is 0 Å². The second-order valence-electron chi connectivity index (χ2n) is 5.67. The first-order valence-corrected chi connectivity index (χ1v) is 9.12. The van der Waals surface area contributed by atoms with Gasteiger partial charge >= 0.3 is 5.97 Å². The van der Waals surface area contributed by atoms with E-state index in [1.807, 2.05) is 0 Å². The Morgan fingerprint density at radius 1 is 0.636 bits per heavy atom. The molecule has 0 saturated carbocycles. The molecule has 0 fully saturated rings. The van der Waals surface area contributed by atoms with Gasteiger partial charge in [-0.3, -0.25) is 4.79 Å². The summed E-state index contributed by atoms with van der Waals surface area (Å²) in [5, 5.41) is 0. The van der Waals surface area contributed by atoms with Gasteiger partial charge in [-0.15, -0.1) is 0 Å². The SMILES string of the molecule is CCCCCCCCOCCOCCOC(=O)CCCCC. The van der Waals surface area contributed by atoms with Crippen LogP contribution in [0.2, 0.25) is 0 Å². The highest BCUT2D eigenvalue weighted by molar-refractivity contribution is 5.69. The van der Waals surface area contributed by atoms with Crippen molar-refractivity contribution in [3.8, 4) is 0 Å². The Morgan fingerprint density at radius 3 is 1.91 bits per heavy atom. The quantitative estimate of drug-likeness (QED) is 0.293. The smallest absolute Gasteiger partial charge is 0.305 e. The van der Waals surface area contributed by atoms with Crippen LogP contribution in [-0.4, -0.2) is 39.0 Å². The fraction of sp³-hybridized carbons (Fsp3) is 0.944. The van der Waals surface area contributed by atoms with Gasteiger partial charge < -0.3 is 14.2 Å². The zero-order valence-corrected chi connectivity index (χ0v) is 14.7. The minimum Gasteiger partial charge on any atom is -0.463 e. The average molecular weight is 316 g/mol. The number of rotatable bonds is 17. The van der Waals surface area contributed by atoms with Gasteiger partial charge in [-0.05, 0) is 12.8 Å². The zero-order valence-electron chi connectivity index (χ0n) is 14.7. The molecule has 0 aliphatic rings. The van der Waals surface area contributed by atoms with Gasteiger partial charge in [-0.25, -0.2) is 0 Å². The van der Waals surface area contributed by atoms with Crippen molar-refractivity contribution < 1.29 is 19.0 Å². The normalized spacial score (nSPS) is 10.8. The average Bonchev–Trinajstić information content (AvgIpc) is 2.52. The van der Waals surface area contributed by atoms with Gasteiger partial charge in [0.25, 0.3) is 0 Å².